The van der Waals surface area contributed by atoms with Crippen LogP contribution in [0.4, 0.5) is 17.6 Å². The molecule has 0 unspecified atom stereocenters. The van der Waals surface area contributed by atoms with Gasteiger partial charge >= 0.3 is 6.18 Å². The fraction of sp³-hybridized carbons (Fsp3) is 0.560. The van der Waals surface area contributed by atoms with Crippen LogP contribution in [0.25, 0.3) is 10.9 Å². The Kier molecular flexibility index (Phi) is 6.70. The Hall–Kier alpha value is -1.97. The summed E-state index contributed by atoms with van der Waals surface area (Å²) in [7, 11) is 0. The molecule has 184 valence electrons. The summed E-state index contributed by atoms with van der Waals surface area (Å²) in [5, 5.41) is 2.06. The maximum atomic E-state index is 13.6. The van der Waals surface area contributed by atoms with Crippen molar-refractivity contribution in [2.45, 2.75) is 50.9 Å². The molecule has 9 heteroatoms. The smallest absolute Gasteiger partial charge is 0.357 e. The lowest BCUT2D eigenvalue weighted by Crippen LogP contribution is -2.46. The molecule has 2 aliphatic heterocycles. The Bertz CT molecular complexity index is 1120. The van der Waals surface area contributed by atoms with Crippen LogP contribution in [0.15, 0.2) is 30.5 Å². The first-order valence-electron chi connectivity index (χ1n) is 12.0. The number of fused-ring (bicyclic) bond motifs is 3. The number of thiazole rings is 1. The van der Waals surface area contributed by atoms with Gasteiger partial charge in [-0.05, 0) is 50.3 Å². The van der Waals surface area contributed by atoms with Crippen molar-refractivity contribution < 1.29 is 17.6 Å². The zero-order chi connectivity index (χ0) is 23.9. The van der Waals surface area contributed by atoms with Crippen molar-refractivity contribution in [3.05, 3.63) is 51.6 Å². The summed E-state index contributed by atoms with van der Waals surface area (Å²) in [6.45, 7) is 3.33. The zero-order valence-electron chi connectivity index (χ0n) is 19.2. The van der Waals surface area contributed by atoms with Gasteiger partial charge in [0.15, 0.2) is 0 Å². The lowest BCUT2D eigenvalue weighted by atomic mass is 9.91. The van der Waals surface area contributed by atoms with E-state index in [0.29, 0.717) is 18.8 Å². The summed E-state index contributed by atoms with van der Waals surface area (Å²) in [4.78, 5) is 12.8. The Morgan fingerprint density at radius 1 is 1.24 bits per heavy atom. The van der Waals surface area contributed by atoms with E-state index in [1.807, 2.05) is 31.2 Å². The van der Waals surface area contributed by atoms with E-state index >= 15 is 0 Å². The molecule has 1 saturated heterocycles. The van der Waals surface area contributed by atoms with E-state index in [1.165, 1.54) is 11.3 Å². The topological polar surface area (TPSA) is 35.2 Å². The lowest BCUT2D eigenvalue weighted by Gasteiger charge is -2.40. The minimum atomic E-state index is -4.28. The summed E-state index contributed by atoms with van der Waals surface area (Å²) >= 11 is 1.53. The number of H-pyrrole nitrogens is 1. The molecule has 1 N–H and O–H groups in total. The summed E-state index contributed by atoms with van der Waals surface area (Å²) in [5.74, 6) is 0.457. The van der Waals surface area contributed by atoms with Crippen molar-refractivity contribution in [3.8, 4) is 0 Å². The lowest BCUT2D eigenvalue weighted by molar-refractivity contribution is -0.155. The second-order valence-corrected chi connectivity index (χ2v) is 10.8. The summed E-state index contributed by atoms with van der Waals surface area (Å²) in [5.41, 5.74) is 2.93. The quantitative estimate of drug-likeness (QED) is 0.425. The largest absolute Gasteiger partial charge is 0.401 e. The molecule has 3 atom stereocenters. The number of alkyl halides is 4. The van der Waals surface area contributed by atoms with Crippen LogP contribution < -0.4 is 0 Å². The van der Waals surface area contributed by atoms with Crippen molar-refractivity contribution in [1.29, 1.82) is 0 Å². The first kappa shape index (κ1) is 23.8. The number of aromatic amines is 1. The highest BCUT2D eigenvalue weighted by Gasteiger charge is 2.42. The molecule has 1 aromatic carbocycles. The van der Waals surface area contributed by atoms with Crippen LogP contribution in [0.1, 0.15) is 46.9 Å². The molecule has 2 aromatic heterocycles. The summed E-state index contributed by atoms with van der Waals surface area (Å²) in [6, 6.07) is 7.20. The minimum Gasteiger partial charge on any atom is -0.357 e. The molecule has 34 heavy (non-hydrogen) atoms. The molecule has 4 nitrogen and oxygen atoms in total. The maximum Gasteiger partial charge on any atom is 0.401 e. The Morgan fingerprint density at radius 3 is 2.85 bits per heavy atom. The minimum absolute atomic E-state index is 0.247. The second kappa shape index (κ2) is 9.59. The number of likely N-dealkylation sites (tertiary alicyclic amines) is 1. The highest BCUT2D eigenvalue weighted by molar-refractivity contribution is 7.11. The highest BCUT2D eigenvalue weighted by Crippen LogP contribution is 2.43. The Labute approximate surface area is 201 Å². The summed E-state index contributed by atoms with van der Waals surface area (Å²) < 4.78 is 53.3. The molecular formula is C25H30F4N4S. The predicted octanol–water partition coefficient (Wildman–Crippen LogP) is 5.75. The number of halogens is 4. The molecule has 0 amide bonds. The molecule has 1 fully saturated rings. The van der Waals surface area contributed by atoms with Crippen molar-refractivity contribution in [2.24, 2.45) is 5.92 Å². The highest BCUT2D eigenvalue weighted by atomic mass is 32.1. The number of benzene rings is 1. The van der Waals surface area contributed by atoms with E-state index in [4.69, 9.17) is 0 Å². The average molecular weight is 495 g/mol. The number of hydrogen-bond donors (Lipinski definition) is 1. The maximum absolute atomic E-state index is 13.6. The van der Waals surface area contributed by atoms with Gasteiger partial charge in [-0.1, -0.05) is 18.2 Å². The first-order chi connectivity index (χ1) is 16.3. The van der Waals surface area contributed by atoms with Crippen LogP contribution in [0.2, 0.25) is 0 Å². The van der Waals surface area contributed by atoms with E-state index in [2.05, 4.69) is 14.9 Å². The number of nitrogens with zero attached hydrogens (tertiary/aromatic N) is 3. The first-order valence-corrected chi connectivity index (χ1v) is 12.8. The van der Waals surface area contributed by atoms with Gasteiger partial charge in [0.1, 0.15) is 0 Å². The van der Waals surface area contributed by atoms with Gasteiger partial charge in [0.2, 0.25) is 0 Å². The van der Waals surface area contributed by atoms with Crippen LogP contribution in [-0.4, -0.2) is 64.8 Å². The van der Waals surface area contributed by atoms with Gasteiger partial charge in [0.05, 0.1) is 24.3 Å². The number of aromatic nitrogens is 2. The van der Waals surface area contributed by atoms with E-state index in [-0.39, 0.29) is 12.7 Å². The van der Waals surface area contributed by atoms with E-state index < -0.39 is 18.8 Å². The zero-order valence-corrected chi connectivity index (χ0v) is 20.1. The SMILES string of the molecule is C[C@@H]1Cc2c([nH]c3ccccc23)[C@@H](c2cnc(C[C@@H]3CCN(CCCF)C3)s2)N1CC(F)(F)F. The molecule has 0 radical (unpaired) electrons. The van der Waals surface area contributed by atoms with Crippen LogP contribution in [0.5, 0.6) is 0 Å². The molecule has 5 rings (SSSR count). The Balaban J connectivity index is 1.43. The monoisotopic (exact) mass is 494 g/mol. The Morgan fingerprint density at radius 2 is 2.06 bits per heavy atom. The van der Waals surface area contributed by atoms with Gasteiger partial charge in [0, 0.05) is 53.2 Å². The third kappa shape index (κ3) is 4.88. The standard InChI is InChI=1S/C25H30F4N4S/c1-16-11-19-18-5-2-3-6-20(18)31-23(19)24(33(16)15-25(27,28)29)21-13-30-22(34-21)12-17-7-10-32(14-17)9-4-8-26/h2-3,5-6,13,16-17,24,31H,4,7-12,14-15H2,1H3/t16-,17+,24-/m1/s1. The van der Waals surface area contributed by atoms with Crippen LogP contribution >= 0.6 is 11.3 Å². The molecular weight excluding hydrogens is 464 g/mol. The molecule has 0 aliphatic carbocycles. The van der Waals surface area contributed by atoms with Crippen molar-refractivity contribution in [3.63, 3.8) is 0 Å². The normalized spacial score (nSPS) is 24.2. The fourth-order valence-corrected chi connectivity index (χ4v) is 6.79. The van der Waals surface area contributed by atoms with Crippen LogP contribution in [-0.2, 0) is 12.8 Å². The van der Waals surface area contributed by atoms with Gasteiger partial charge < -0.3 is 9.88 Å². The number of nitrogens with one attached hydrogen (secondary N) is 1. The van der Waals surface area contributed by atoms with E-state index in [1.54, 1.807) is 11.1 Å². The third-order valence-corrected chi connectivity index (χ3v) is 8.23. The predicted molar refractivity (Wildman–Crippen MR) is 127 cm³/mol. The van der Waals surface area contributed by atoms with Crippen molar-refractivity contribution in [1.82, 2.24) is 19.8 Å². The molecule has 0 bridgehead atoms. The average Bonchev–Trinajstić information content (AvgIpc) is 3.51. The second-order valence-electron chi connectivity index (χ2n) is 9.66. The van der Waals surface area contributed by atoms with Crippen molar-refractivity contribution in [2.75, 3.05) is 32.9 Å². The van der Waals surface area contributed by atoms with Gasteiger partial charge in [-0.15, -0.1) is 11.3 Å². The molecule has 4 heterocycles. The number of para-hydroxylation sites is 1. The van der Waals surface area contributed by atoms with Crippen LogP contribution in [0, 0.1) is 5.92 Å². The van der Waals surface area contributed by atoms with Gasteiger partial charge in [-0.2, -0.15) is 13.2 Å². The molecule has 3 aromatic rings. The van der Waals surface area contributed by atoms with E-state index in [0.717, 1.165) is 64.5 Å². The molecule has 0 saturated carbocycles. The van der Waals surface area contributed by atoms with Gasteiger partial charge in [0.25, 0.3) is 0 Å². The van der Waals surface area contributed by atoms with Gasteiger partial charge in [-0.3, -0.25) is 9.29 Å². The van der Waals surface area contributed by atoms with Crippen LogP contribution in [0.3, 0.4) is 0 Å². The third-order valence-electron chi connectivity index (χ3n) is 7.16. The molecule has 0 spiro atoms. The number of rotatable bonds is 7. The van der Waals surface area contributed by atoms with E-state index in [9.17, 15) is 17.6 Å². The van der Waals surface area contributed by atoms with Gasteiger partial charge in [-0.25, -0.2) is 4.98 Å². The fourth-order valence-electron chi connectivity index (χ4n) is 5.63. The summed E-state index contributed by atoms with van der Waals surface area (Å²) in [6.07, 6.45) is 0.504. The molecule has 2 aliphatic rings. The van der Waals surface area contributed by atoms with Crippen molar-refractivity contribution >= 4 is 22.2 Å². The number of hydrogen-bond acceptors (Lipinski definition) is 4.